The van der Waals surface area contributed by atoms with Crippen LogP contribution in [0.1, 0.15) is 408 Å². The van der Waals surface area contributed by atoms with Gasteiger partial charge >= 0.3 is 0 Å². The van der Waals surface area contributed by atoms with Gasteiger partial charge in [-0.05, 0) is 259 Å². The van der Waals surface area contributed by atoms with Gasteiger partial charge in [0, 0.05) is 0 Å². The maximum absolute atomic E-state index is 2.48. The Hall–Kier alpha value is 0. The van der Waals surface area contributed by atoms with E-state index in [4.69, 9.17) is 0 Å². The third kappa shape index (κ3) is 31.0. The highest BCUT2D eigenvalue weighted by Gasteiger charge is 2.46. The van der Waals surface area contributed by atoms with Gasteiger partial charge < -0.3 is 0 Å². The third-order valence-corrected chi connectivity index (χ3v) is 31.0. The summed E-state index contributed by atoms with van der Waals surface area (Å²) in [6, 6.07) is 0. The van der Waals surface area contributed by atoms with Crippen molar-refractivity contribution in [3.63, 3.8) is 0 Å². The van der Waals surface area contributed by atoms with E-state index >= 15 is 0 Å². The standard InChI is InChI=1S/C9H16.2C9H18.8C8H16/c1-7-5-8-3-4-9(7,2)6-8;1-8-6-4-5-7-9(8,2)3;1-7-5-4-6-8(2)9(7)3;1-6-4-7(2)8(3)5-6;1-6(2)8-4-7(3)5-8;1-7-4-5-8(2,3)6-7;1-8(2,3)7-5-4-6-7;2*1-6-4-5-7(2)8(6)3;1-5-6(2)8(4)7(5)3;1-3-7(2)8-5-4-6-8/h7-8H,3-6H2,1-2H3;8H,4-7H2,1-3H3;7-9H,4-6H2,1-3H3;2*6-8H,4-5H2,1-3H3;2*7H,4-6H2,1-3H3;2*6-8H,4-5H2,1-3H3;5-8H,1-4H3;7-8H,3-6H2,1-2H3/t7-,8?,9?;8-;;6?,7-,8?;;;;;;;/m01.0......./s1. The van der Waals surface area contributed by atoms with E-state index < -0.39 is 0 Å². The Morgan fingerprint density at radius 1 is 0.341 bits per heavy atom. The van der Waals surface area contributed by atoms with E-state index in [-0.39, 0.29) is 0 Å². The second kappa shape index (κ2) is 41.5. The van der Waals surface area contributed by atoms with E-state index in [0.29, 0.717) is 16.2 Å². The predicted octanol–water partition coefficient (Wildman–Crippen LogP) is 30.9. The van der Waals surface area contributed by atoms with Crippen LogP contribution in [0.4, 0.5) is 0 Å². The van der Waals surface area contributed by atoms with Crippen LogP contribution in [0.25, 0.3) is 0 Å². The summed E-state index contributed by atoms with van der Waals surface area (Å²) in [4.78, 5) is 0. The molecule has 0 heteroatoms. The monoisotopic (exact) mass is 1270 g/mol. The van der Waals surface area contributed by atoms with Crippen LogP contribution in [0, 0.1) is 176 Å². The Morgan fingerprint density at radius 3 is 0.901 bits per heavy atom. The quantitative estimate of drug-likeness (QED) is 0.264. The Bertz CT molecular complexity index is 1700. The zero-order chi connectivity index (χ0) is 69.5. The van der Waals surface area contributed by atoms with Crippen molar-refractivity contribution in [2.75, 3.05) is 0 Å². The van der Waals surface area contributed by atoms with Gasteiger partial charge in [-0.25, -0.2) is 0 Å². The van der Waals surface area contributed by atoms with E-state index in [0.717, 1.165) is 159 Å². The number of rotatable bonds is 3. The molecule has 12 aliphatic carbocycles. The zero-order valence-electron chi connectivity index (χ0n) is 69.5. The fourth-order valence-electron chi connectivity index (χ4n) is 19.1. The minimum Gasteiger partial charge on any atom is -0.0651 e. The Balaban J connectivity index is 0.000000341. The van der Waals surface area contributed by atoms with Crippen LogP contribution in [0.3, 0.4) is 0 Å². The SMILES string of the molecule is CC(C)(C)C1CCC1.CC1C(C)C(C)C1C.CC1CC(C(C)C)C1.CC1CC(C)[C@@H](C)C1.CC1CCC(C)(C)C1.CC1CCC(C)C1C.CC1CCC(C)C1C.CC1CCCC(C)C1C.CCC(C)C1CCC1.C[C@@H]1CCCCC1(C)C.C[C@H]1CC2CCC1(C)C2. The summed E-state index contributed by atoms with van der Waals surface area (Å²) in [5.74, 6) is 26.0. The van der Waals surface area contributed by atoms with Gasteiger partial charge in [0.2, 0.25) is 0 Å². The maximum atomic E-state index is 2.48. The third-order valence-electron chi connectivity index (χ3n) is 31.0. The predicted molar refractivity (Wildman–Crippen MR) is 416 cm³/mol. The molecule has 12 saturated carbocycles. The highest BCUT2D eigenvalue weighted by molar-refractivity contribution is 4.97. The van der Waals surface area contributed by atoms with Crippen molar-refractivity contribution in [2.45, 2.75) is 408 Å². The summed E-state index contributed by atoms with van der Waals surface area (Å²) in [6.45, 7) is 75.8. The first-order valence-corrected chi connectivity index (χ1v) is 42.1. The first-order valence-electron chi connectivity index (χ1n) is 42.1. The summed E-state index contributed by atoms with van der Waals surface area (Å²) < 4.78 is 0. The molecule has 0 aromatic rings. The van der Waals surface area contributed by atoms with Crippen LogP contribution in [-0.4, -0.2) is 0 Å². The molecule has 12 fully saturated rings. The summed E-state index contributed by atoms with van der Waals surface area (Å²) in [5, 5.41) is 0. The van der Waals surface area contributed by atoms with Gasteiger partial charge in [-0.15, -0.1) is 0 Å². The van der Waals surface area contributed by atoms with Crippen molar-refractivity contribution in [3.05, 3.63) is 0 Å². The molecule has 0 N–H and O–H groups in total. The molecule has 12 rings (SSSR count). The molecule has 0 spiro atoms. The highest BCUT2D eigenvalue weighted by Crippen LogP contribution is 2.57. The summed E-state index contributed by atoms with van der Waals surface area (Å²) >= 11 is 0. The Morgan fingerprint density at radius 2 is 0.747 bits per heavy atom. The van der Waals surface area contributed by atoms with Crippen LogP contribution in [0.15, 0.2) is 0 Å². The Kier molecular flexibility index (Phi) is 39.8. The molecule has 0 radical (unpaired) electrons. The summed E-state index contributed by atoms with van der Waals surface area (Å²) in [5.41, 5.74) is 2.67. The van der Waals surface area contributed by atoms with E-state index in [1.54, 1.807) is 0 Å². The van der Waals surface area contributed by atoms with E-state index in [1.165, 1.54) is 186 Å². The first-order chi connectivity index (χ1) is 42.1. The van der Waals surface area contributed by atoms with Gasteiger partial charge in [0.25, 0.3) is 0 Å². The number of hydrogen-bond acceptors (Lipinski definition) is 0. The van der Waals surface area contributed by atoms with E-state index in [9.17, 15) is 0 Å². The lowest BCUT2D eigenvalue weighted by Crippen LogP contribution is -2.39. The fraction of sp³-hybridized carbons (Fsp3) is 1.00. The molecule has 0 aromatic heterocycles. The van der Waals surface area contributed by atoms with Gasteiger partial charge in [0.15, 0.2) is 0 Å². The molecule has 0 saturated heterocycles. The van der Waals surface area contributed by atoms with E-state index in [2.05, 4.69) is 222 Å². The lowest BCUT2D eigenvalue weighted by atomic mass is 9.60. The number of hydrogen-bond donors (Lipinski definition) is 0. The molecule has 0 amide bonds. The summed E-state index contributed by atoms with van der Waals surface area (Å²) in [6.07, 6.45) is 42.7. The van der Waals surface area contributed by atoms with Crippen molar-refractivity contribution >= 4 is 0 Å². The molecule has 91 heavy (non-hydrogen) atoms. The lowest BCUT2D eigenvalue weighted by Gasteiger charge is -2.45. The highest BCUT2D eigenvalue weighted by atomic mass is 14.5. The van der Waals surface area contributed by atoms with Gasteiger partial charge in [-0.3, -0.25) is 0 Å². The summed E-state index contributed by atoms with van der Waals surface area (Å²) in [7, 11) is 0. The molecule has 0 aromatic carbocycles. The van der Waals surface area contributed by atoms with Crippen molar-refractivity contribution < 1.29 is 0 Å². The van der Waals surface area contributed by atoms with Crippen LogP contribution < -0.4 is 0 Å². The van der Waals surface area contributed by atoms with Gasteiger partial charge in [0.1, 0.15) is 0 Å². The minimum atomic E-state index is 0.595. The molecular formula is C91H180. The minimum absolute atomic E-state index is 0.595. The van der Waals surface area contributed by atoms with Gasteiger partial charge in [-0.2, -0.15) is 0 Å². The molecule has 0 nitrogen and oxygen atoms in total. The number of fused-ring (bicyclic) bond motifs is 2. The molecule has 15 atom stereocenters. The second-order valence-corrected chi connectivity index (χ2v) is 40.7. The normalized spacial score (nSPS) is 41.5. The molecule has 0 heterocycles. The maximum Gasteiger partial charge on any atom is -0.0297 e. The molecule has 2 bridgehead atoms. The molecule has 12 unspecified atom stereocenters. The van der Waals surface area contributed by atoms with E-state index in [1.807, 2.05) is 0 Å². The molecule has 12 aliphatic rings. The van der Waals surface area contributed by atoms with Crippen LogP contribution in [0.5, 0.6) is 0 Å². The van der Waals surface area contributed by atoms with Crippen LogP contribution in [-0.2, 0) is 0 Å². The topological polar surface area (TPSA) is 0 Å². The smallest absolute Gasteiger partial charge is 0.0297 e. The van der Waals surface area contributed by atoms with Crippen molar-refractivity contribution in [1.29, 1.82) is 0 Å². The van der Waals surface area contributed by atoms with Crippen molar-refractivity contribution in [1.82, 2.24) is 0 Å². The average molecular weight is 1270 g/mol. The second-order valence-electron chi connectivity index (χ2n) is 40.7. The molecule has 544 valence electrons. The van der Waals surface area contributed by atoms with Crippen molar-refractivity contribution in [2.24, 2.45) is 176 Å². The largest absolute Gasteiger partial charge is 0.0651 e. The van der Waals surface area contributed by atoms with Gasteiger partial charge in [0.05, 0.1) is 0 Å². The fourth-order valence-corrected chi connectivity index (χ4v) is 19.1. The molecule has 0 aliphatic heterocycles. The van der Waals surface area contributed by atoms with Crippen LogP contribution >= 0.6 is 0 Å². The van der Waals surface area contributed by atoms with Crippen LogP contribution in [0.2, 0.25) is 0 Å². The van der Waals surface area contributed by atoms with Crippen molar-refractivity contribution in [3.8, 4) is 0 Å². The first kappa shape index (κ1) is 87.1. The average Bonchev–Trinajstić information content (AvgIpc) is 1.71. The van der Waals surface area contributed by atoms with Gasteiger partial charge in [-0.1, -0.05) is 324 Å². The lowest BCUT2D eigenvalue weighted by molar-refractivity contribution is 0.0302. The Labute approximate surface area is 580 Å². The molecular weight excluding hydrogens is 1090 g/mol. The zero-order valence-corrected chi connectivity index (χ0v) is 69.5.